The largest absolute Gasteiger partial charge is 0.417 e. The predicted molar refractivity (Wildman–Crippen MR) is 102 cm³/mol. The van der Waals surface area contributed by atoms with Crippen LogP contribution in [0.3, 0.4) is 0 Å². The van der Waals surface area contributed by atoms with Crippen molar-refractivity contribution in [2.45, 2.75) is 19.1 Å². The Balaban J connectivity index is 1.67. The first-order valence-corrected chi connectivity index (χ1v) is 8.90. The van der Waals surface area contributed by atoms with Crippen molar-refractivity contribution in [1.82, 2.24) is 19.7 Å². The topological polar surface area (TPSA) is 89.9 Å². The van der Waals surface area contributed by atoms with Crippen LogP contribution in [0.25, 0.3) is 0 Å². The van der Waals surface area contributed by atoms with Crippen molar-refractivity contribution in [2.75, 3.05) is 17.2 Å². The molecule has 0 bridgehead atoms. The Morgan fingerprint density at radius 2 is 1.90 bits per heavy atom. The highest BCUT2D eigenvalue weighted by atomic mass is 19.4. The van der Waals surface area contributed by atoms with E-state index in [0.717, 1.165) is 6.07 Å². The lowest BCUT2D eigenvalue weighted by atomic mass is 10.1. The lowest BCUT2D eigenvalue weighted by molar-refractivity contribution is -0.137. The first-order valence-electron chi connectivity index (χ1n) is 8.90. The predicted octanol–water partition coefficient (Wildman–Crippen LogP) is 2.90. The number of hydrogen-bond donors (Lipinski definition) is 1. The minimum Gasteiger partial charge on any atom is -0.384 e. The summed E-state index contributed by atoms with van der Waals surface area (Å²) in [6, 6.07) is 5.19. The van der Waals surface area contributed by atoms with Crippen LogP contribution in [-0.2, 0) is 6.18 Å². The van der Waals surface area contributed by atoms with Gasteiger partial charge in [-0.1, -0.05) is 11.8 Å². The molecule has 1 amide bonds. The number of anilines is 2. The Labute approximate surface area is 169 Å². The minimum atomic E-state index is -4.50. The molecule has 7 nitrogen and oxygen atoms in total. The monoisotopic (exact) mass is 412 g/mol. The molecule has 4 rings (SSSR count). The molecule has 2 N–H and O–H groups in total. The van der Waals surface area contributed by atoms with Crippen molar-refractivity contribution in [3.8, 4) is 11.8 Å². The van der Waals surface area contributed by atoms with Gasteiger partial charge in [-0.2, -0.15) is 18.3 Å². The highest BCUT2D eigenvalue weighted by molar-refractivity contribution is 6.06. The molecule has 1 unspecified atom stereocenters. The Bertz CT molecular complexity index is 1160. The number of rotatable bonds is 1. The molecule has 152 valence electrons. The zero-order chi connectivity index (χ0) is 21.5. The summed E-state index contributed by atoms with van der Waals surface area (Å²) < 4.78 is 40.0. The second kappa shape index (κ2) is 7.18. The summed E-state index contributed by atoms with van der Waals surface area (Å²) in [6.45, 7) is 2.07. The van der Waals surface area contributed by atoms with Crippen LogP contribution < -0.4 is 10.6 Å². The quantitative estimate of drug-likeness (QED) is 0.621. The highest BCUT2D eigenvalue weighted by Crippen LogP contribution is 2.31. The van der Waals surface area contributed by atoms with Crippen LogP contribution in [-0.4, -0.2) is 32.2 Å². The molecule has 1 aliphatic rings. The SMILES string of the molecule is CC1CN(c2ccc(C(F)(F)F)cn2)C(=O)c2c(C#Cc3ccc(N)nc3)cnn21. The summed E-state index contributed by atoms with van der Waals surface area (Å²) in [6.07, 6.45) is -0.774. The molecular formula is C20H15F3N6O. The van der Waals surface area contributed by atoms with E-state index in [1.165, 1.54) is 23.4 Å². The van der Waals surface area contributed by atoms with Gasteiger partial charge in [-0.05, 0) is 31.2 Å². The second-order valence-electron chi connectivity index (χ2n) is 6.74. The van der Waals surface area contributed by atoms with Crippen molar-refractivity contribution >= 4 is 17.5 Å². The van der Waals surface area contributed by atoms with Gasteiger partial charge < -0.3 is 5.73 Å². The van der Waals surface area contributed by atoms with Gasteiger partial charge in [0.05, 0.1) is 23.4 Å². The molecule has 0 aromatic carbocycles. The van der Waals surface area contributed by atoms with Gasteiger partial charge in [-0.3, -0.25) is 14.4 Å². The van der Waals surface area contributed by atoms with Crippen molar-refractivity contribution in [3.05, 3.63) is 65.2 Å². The van der Waals surface area contributed by atoms with Crippen LogP contribution >= 0.6 is 0 Å². The van der Waals surface area contributed by atoms with E-state index in [1.54, 1.807) is 16.8 Å². The molecule has 3 aromatic heterocycles. The van der Waals surface area contributed by atoms with E-state index in [0.29, 0.717) is 23.1 Å². The Morgan fingerprint density at radius 3 is 2.53 bits per heavy atom. The third kappa shape index (κ3) is 3.57. The van der Waals surface area contributed by atoms with Crippen molar-refractivity contribution in [1.29, 1.82) is 0 Å². The molecule has 0 fully saturated rings. The maximum Gasteiger partial charge on any atom is 0.417 e. The van der Waals surface area contributed by atoms with Crippen molar-refractivity contribution < 1.29 is 18.0 Å². The molecule has 1 atom stereocenters. The van der Waals surface area contributed by atoms with Gasteiger partial charge in [-0.15, -0.1) is 0 Å². The molecule has 0 spiro atoms. The molecule has 3 aromatic rings. The number of nitrogen functional groups attached to an aromatic ring is 1. The summed E-state index contributed by atoms with van der Waals surface area (Å²) in [7, 11) is 0. The number of amides is 1. The standard InChI is InChI=1S/C20H15F3N6O/c1-12-11-28(17-7-5-15(10-26-17)20(21,22)23)19(30)18-14(9-27-29(12)18)4-2-13-3-6-16(24)25-8-13/h3,5-10,12H,11H2,1H3,(H2,24,25). The lowest BCUT2D eigenvalue weighted by Gasteiger charge is -2.31. The number of fused-ring (bicyclic) bond motifs is 1. The number of nitrogens with two attached hydrogens (primary N) is 1. The van der Waals surface area contributed by atoms with Crippen LogP contribution in [0.1, 0.15) is 40.1 Å². The normalized spacial score (nSPS) is 16.1. The van der Waals surface area contributed by atoms with Crippen molar-refractivity contribution in [3.63, 3.8) is 0 Å². The number of carbonyl (C=O) groups is 1. The van der Waals surface area contributed by atoms with Gasteiger partial charge in [0.25, 0.3) is 5.91 Å². The minimum absolute atomic E-state index is 0.133. The molecule has 0 aliphatic carbocycles. The average Bonchev–Trinajstić information content (AvgIpc) is 3.15. The molecule has 30 heavy (non-hydrogen) atoms. The maximum absolute atomic E-state index is 13.1. The third-order valence-corrected chi connectivity index (χ3v) is 4.59. The molecule has 0 radical (unpaired) electrons. The summed E-state index contributed by atoms with van der Waals surface area (Å²) in [5, 5.41) is 4.25. The molecule has 4 heterocycles. The van der Waals surface area contributed by atoms with Crippen LogP contribution in [0.4, 0.5) is 24.8 Å². The molecule has 1 aliphatic heterocycles. The van der Waals surface area contributed by atoms with Gasteiger partial charge in [-0.25, -0.2) is 9.97 Å². The number of carbonyl (C=O) groups excluding carboxylic acids is 1. The number of pyridine rings is 2. The summed E-state index contributed by atoms with van der Waals surface area (Å²) >= 11 is 0. The number of nitrogens with zero attached hydrogens (tertiary/aromatic N) is 5. The van der Waals surface area contributed by atoms with Crippen LogP contribution in [0.15, 0.2) is 42.9 Å². The molecular weight excluding hydrogens is 397 g/mol. The molecule has 0 saturated heterocycles. The van der Waals surface area contributed by atoms with E-state index in [-0.39, 0.29) is 24.1 Å². The van der Waals surface area contributed by atoms with E-state index in [1.807, 2.05) is 6.92 Å². The van der Waals surface area contributed by atoms with Gasteiger partial charge in [0.1, 0.15) is 17.3 Å². The number of alkyl halides is 3. The average molecular weight is 412 g/mol. The third-order valence-electron chi connectivity index (χ3n) is 4.59. The van der Waals surface area contributed by atoms with E-state index >= 15 is 0 Å². The summed E-state index contributed by atoms with van der Waals surface area (Å²) in [5.41, 5.74) is 5.95. The van der Waals surface area contributed by atoms with Crippen LogP contribution in [0, 0.1) is 11.8 Å². The number of halogens is 3. The zero-order valence-electron chi connectivity index (χ0n) is 15.7. The van der Waals surface area contributed by atoms with Crippen molar-refractivity contribution in [2.24, 2.45) is 0 Å². The molecule has 10 heteroatoms. The van der Waals surface area contributed by atoms with Gasteiger partial charge in [0.2, 0.25) is 0 Å². The lowest BCUT2D eigenvalue weighted by Crippen LogP contribution is -2.43. The second-order valence-corrected chi connectivity index (χ2v) is 6.74. The fourth-order valence-electron chi connectivity index (χ4n) is 3.08. The van der Waals surface area contributed by atoms with Gasteiger partial charge in [0.15, 0.2) is 0 Å². The Hall–Kier alpha value is -3.87. The first-order chi connectivity index (χ1) is 14.2. The molecule has 0 saturated carbocycles. The fourth-order valence-corrected chi connectivity index (χ4v) is 3.08. The van der Waals surface area contributed by atoms with Gasteiger partial charge >= 0.3 is 6.18 Å². The highest BCUT2D eigenvalue weighted by Gasteiger charge is 2.35. The zero-order valence-corrected chi connectivity index (χ0v) is 15.7. The first kappa shape index (κ1) is 19.4. The Kier molecular flexibility index (Phi) is 4.66. The fraction of sp³-hybridized carbons (Fsp3) is 0.200. The van der Waals surface area contributed by atoms with E-state index in [9.17, 15) is 18.0 Å². The smallest absolute Gasteiger partial charge is 0.384 e. The van der Waals surface area contributed by atoms with E-state index in [2.05, 4.69) is 26.9 Å². The van der Waals surface area contributed by atoms with Gasteiger partial charge in [0, 0.05) is 24.5 Å². The summed E-state index contributed by atoms with van der Waals surface area (Å²) in [5.74, 6) is 5.88. The van der Waals surface area contributed by atoms with E-state index in [4.69, 9.17) is 5.73 Å². The van der Waals surface area contributed by atoms with Crippen LogP contribution in [0.5, 0.6) is 0 Å². The summed E-state index contributed by atoms with van der Waals surface area (Å²) in [4.78, 5) is 22.2. The maximum atomic E-state index is 13.1. The Morgan fingerprint density at radius 1 is 1.10 bits per heavy atom. The van der Waals surface area contributed by atoms with E-state index < -0.39 is 17.6 Å². The number of aromatic nitrogens is 4. The number of hydrogen-bond acceptors (Lipinski definition) is 5. The van der Waals surface area contributed by atoms with Crippen LogP contribution in [0.2, 0.25) is 0 Å².